The number of nitrogens with one attached hydrogen (secondary N) is 2. The molecule has 7 heteroatoms. The molecule has 0 saturated carbocycles. The summed E-state index contributed by atoms with van der Waals surface area (Å²) in [4.78, 5) is 20.4. The maximum atomic E-state index is 13.3. The summed E-state index contributed by atoms with van der Waals surface area (Å²) in [7, 11) is 3.26. The standard InChI is InChI=1S/C10H16FN5O/c1-4-12-10-14-5-7(11)9(15-10)13-6-8(17)16(2)3/h5H,4,6H2,1-3H3,(H2,12,13,14,15). The van der Waals surface area contributed by atoms with Crippen LogP contribution in [-0.2, 0) is 4.79 Å². The van der Waals surface area contributed by atoms with E-state index in [-0.39, 0.29) is 18.3 Å². The van der Waals surface area contributed by atoms with Gasteiger partial charge in [-0.15, -0.1) is 0 Å². The van der Waals surface area contributed by atoms with Crippen LogP contribution in [0.2, 0.25) is 0 Å². The van der Waals surface area contributed by atoms with E-state index in [9.17, 15) is 9.18 Å². The first-order chi connectivity index (χ1) is 8.04. The van der Waals surface area contributed by atoms with Crippen LogP contribution in [-0.4, -0.2) is 48.0 Å². The number of rotatable bonds is 5. The van der Waals surface area contributed by atoms with E-state index in [0.717, 1.165) is 6.20 Å². The number of likely N-dealkylation sites (N-methyl/N-ethyl adjacent to an activating group) is 1. The third-order valence-corrected chi connectivity index (χ3v) is 1.98. The lowest BCUT2D eigenvalue weighted by Gasteiger charge is -2.12. The van der Waals surface area contributed by atoms with Gasteiger partial charge in [0.05, 0.1) is 12.7 Å². The van der Waals surface area contributed by atoms with E-state index in [1.807, 2.05) is 6.92 Å². The summed E-state index contributed by atoms with van der Waals surface area (Å²) in [6.45, 7) is 2.52. The van der Waals surface area contributed by atoms with Gasteiger partial charge in [-0.3, -0.25) is 4.79 Å². The Hall–Kier alpha value is -1.92. The molecule has 1 aromatic heterocycles. The monoisotopic (exact) mass is 241 g/mol. The molecule has 1 rings (SSSR count). The lowest BCUT2D eigenvalue weighted by Crippen LogP contribution is -2.29. The average molecular weight is 241 g/mol. The first-order valence-electron chi connectivity index (χ1n) is 5.25. The molecule has 0 aliphatic carbocycles. The molecule has 1 heterocycles. The second-order valence-electron chi connectivity index (χ2n) is 3.56. The van der Waals surface area contributed by atoms with Crippen molar-refractivity contribution in [1.82, 2.24) is 14.9 Å². The molecule has 0 aromatic carbocycles. The van der Waals surface area contributed by atoms with Gasteiger partial charge in [0.1, 0.15) is 0 Å². The molecule has 94 valence electrons. The summed E-state index contributed by atoms with van der Waals surface area (Å²) in [5.74, 6) is -0.397. The van der Waals surface area contributed by atoms with E-state index < -0.39 is 5.82 Å². The molecule has 1 aromatic rings. The van der Waals surface area contributed by atoms with Gasteiger partial charge in [0.15, 0.2) is 11.6 Å². The van der Waals surface area contributed by atoms with Gasteiger partial charge in [-0.1, -0.05) is 0 Å². The van der Waals surface area contributed by atoms with Gasteiger partial charge < -0.3 is 15.5 Å². The predicted octanol–water partition coefficient (Wildman–Crippen LogP) is 0.548. The first kappa shape index (κ1) is 13.1. The van der Waals surface area contributed by atoms with E-state index >= 15 is 0 Å². The van der Waals surface area contributed by atoms with Crippen LogP contribution in [0.3, 0.4) is 0 Å². The molecule has 0 radical (unpaired) electrons. The van der Waals surface area contributed by atoms with Crippen LogP contribution in [0.25, 0.3) is 0 Å². The highest BCUT2D eigenvalue weighted by atomic mass is 19.1. The molecule has 0 bridgehead atoms. The number of aromatic nitrogens is 2. The van der Waals surface area contributed by atoms with E-state index in [1.165, 1.54) is 4.90 Å². The van der Waals surface area contributed by atoms with Crippen molar-refractivity contribution in [3.63, 3.8) is 0 Å². The topological polar surface area (TPSA) is 70.2 Å². The number of carbonyl (C=O) groups is 1. The van der Waals surface area contributed by atoms with Crippen molar-refractivity contribution in [3.8, 4) is 0 Å². The Kier molecular flexibility index (Phi) is 4.62. The second-order valence-corrected chi connectivity index (χ2v) is 3.56. The van der Waals surface area contributed by atoms with E-state index in [2.05, 4.69) is 20.6 Å². The Morgan fingerprint density at radius 3 is 2.76 bits per heavy atom. The summed E-state index contributed by atoms with van der Waals surface area (Å²) in [6.07, 6.45) is 1.06. The van der Waals surface area contributed by atoms with Crippen molar-refractivity contribution >= 4 is 17.7 Å². The highest BCUT2D eigenvalue weighted by Crippen LogP contribution is 2.11. The molecular weight excluding hydrogens is 225 g/mol. The van der Waals surface area contributed by atoms with Gasteiger partial charge >= 0.3 is 0 Å². The van der Waals surface area contributed by atoms with Crippen LogP contribution in [0.15, 0.2) is 6.20 Å². The van der Waals surface area contributed by atoms with Gasteiger partial charge in [-0.2, -0.15) is 4.98 Å². The summed E-state index contributed by atoms with van der Waals surface area (Å²) < 4.78 is 13.3. The van der Waals surface area contributed by atoms with Gasteiger partial charge in [-0.25, -0.2) is 9.37 Å². The van der Waals surface area contributed by atoms with Crippen molar-refractivity contribution in [2.45, 2.75) is 6.92 Å². The number of anilines is 2. The molecular formula is C10H16FN5O. The zero-order valence-electron chi connectivity index (χ0n) is 10.1. The molecule has 0 unspecified atom stereocenters. The van der Waals surface area contributed by atoms with Crippen molar-refractivity contribution in [2.75, 3.05) is 37.8 Å². The molecule has 0 spiro atoms. The van der Waals surface area contributed by atoms with Crippen LogP contribution in [0.1, 0.15) is 6.92 Å². The van der Waals surface area contributed by atoms with Crippen molar-refractivity contribution in [2.24, 2.45) is 0 Å². The SMILES string of the molecule is CCNc1ncc(F)c(NCC(=O)N(C)C)n1. The molecule has 6 nitrogen and oxygen atoms in total. The number of hydrogen-bond acceptors (Lipinski definition) is 5. The van der Waals surface area contributed by atoms with Crippen LogP contribution in [0.4, 0.5) is 16.2 Å². The van der Waals surface area contributed by atoms with Crippen molar-refractivity contribution in [3.05, 3.63) is 12.0 Å². The number of hydrogen-bond donors (Lipinski definition) is 2. The summed E-state index contributed by atoms with van der Waals surface area (Å²) >= 11 is 0. The largest absolute Gasteiger partial charge is 0.358 e. The van der Waals surface area contributed by atoms with Crippen molar-refractivity contribution in [1.29, 1.82) is 0 Å². The van der Waals surface area contributed by atoms with Crippen LogP contribution in [0, 0.1) is 5.82 Å². The number of carbonyl (C=O) groups excluding carboxylic acids is 1. The maximum Gasteiger partial charge on any atom is 0.241 e. The van der Waals surface area contributed by atoms with Crippen molar-refractivity contribution < 1.29 is 9.18 Å². The normalized spacial score (nSPS) is 9.88. The minimum absolute atomic E-state index is 0.00744. The Bertz CT molecular complexity index is 396. The van der Waals surface area contributed by atoms with Gasteiger partial charge in [0.2, 0.25) is 11.9 Å². The molecule has 0 atom stereocenters. The molecule has 0 aliphatic heterocycles. The highest BCUT2D eigenvalue weighted by molar-refractivity contribution is 5.80. The Morgan fingerprint density at radius 2 is 2.18 bits per heavy atom. The fourth-order valence-electron chi connectivity index (χ4n) is 1.05. The summed E-state index contributed by atoms with van der Waals surface area (Å²) in [5, 5.41) is 5.50. The van der Waals surface area contributed by atoms with Gasteiger partial charge in [0.25, 0.3) is 0 Å². The summed E-state index contributed by atoms with van der Waals surface area (Å²) in [6, 6.07) is 0. The zero-order valence-corrected chi connectivity index (χ0v) is 10.1. The lowest BCUT2D eigenvalue weighted by atomic mass is 10.5. The smallest absolute Gasteiger partial charge is 0.241 e. The molecule has 2 N–H and O–H groups in total. The Morgan fingerprint density at radius 1 is 1.47 bits per heavy atom. The zero-order chi connectivity index (χ0) is 12.8. The van der Waals surface area contributed by atoms with Crippen LogP contribution < -0.4 is 10.6 Å². The summed E-state index contributed by atoms with van der Waals surface area (Å²) in [5.41, 5.74) is 0. The fourth-order valence-corrected chi connectivity index (χ4v) is 1.05. The van der Waals surface area contributed by atoms with E-state index in [1.54, 1.807) is 14.1 Å². The first-order valence-corrected chi connectivity index (χ1v) is 5.25. The van der Waals surface area contributed by atoms with E-state index in [0.29, 0.717) is 12.5 Å². The second kappa shape index (κ2) is 5.97. The molecule has 0 aliphatic rings. The Balaban J connectivity index is 2.69. The lowest BCUT2D eigenvalue weighted by molar-refractivity contribution is -0.126. The molecule has 0 saturated heterocycles. The number of amides is 1. The molecule has 0 fully saturated rings. The minimum atomic E-state index is -0.585. The number of halogens is 1. The van der Waals surface area contributed by atoms with E-state index in [4.69, 9.17) is 0 Å². The quantitative estimate of drug-likeness (QED) is 0.787. The predicted molar refractivity (Wildman–Crippen MR) is 63.3 cm³/mol. The third-order valence-electron chi connectivity index (χ3n) is 1.98. The number of nitrogens with zero attached hydrogens (tertiary/aromatic N) is 3. The van der Waals surface area contributed by atoms with Crippen LogP contribution >= 0.6 is 0 Å². The van der Waals surface area contributed by atoms with Gasteiger partial charge in [-0.05, 0) is 6.92 Å². The Labute approximate surface area is 99.2 Å². The molecule has 17 heavy (non-hydrogen) atoms. The average Bonchev–Trinajstić information content (AvgIpc) is 2.29. The molecule has 1 amide bonds. The van der Waals surface area contributed by atoms with Crippen LogP contribution in [0.5, 0.6) is 0 Å². The fraction of sp³-hybridized carbons (Fsp3) is 0.500. The van der Waals surface area contributed by atoms with Gasteiger partial charge in [0, 0.05) is 20.6 Å². The maximum absolute atomic E-state index is 13.3. The minimum Gasteiger partial charge on any atom is -0.358 e. The highest BCUT2D eigenvalue weighted by Gasteiger charge is 2.09. The third kappa shape index (κ3) is 3.86.